The Kier molecular flexibility index (Phi) is 2.50. The summed E-state index contributed by atoms with van der Waals surface area (Å²) < 4.78 is 30.3. The molecule has 0 unspecified atom stereocenters. The van der Waals surface area contributed by atoms with Crippen molar-refractivity contribution in [1.29, 1.82) is 0 Å². The molecule has 0 aromatic carbocycles. The summed E-state index contributed by atoms with van der Waals surface area (Å²) in [6.45, 7) is 2.32. The van der Waals surface area contributed by atoms with E-state index in [9.17, 15) is 13.2 Å². The Morgan fingerprint density at radius 1 is 1.40 bits per heavy atom. The summed E-state index contributed by atoms with van der Waals surface area (Å²) in [5.74, 6) is -0.430. The van der Waals surface area contributed by atoms with Crippen molar-refractivity contribution in [1.82, 2.24) is 4.72 Å². The van der Waals surface area contributed by atoms with Gasteiger partial charge in [-0.25, -0.2) is 8.42 Å². The number of carbonyl (C=O) groups excluding carboxylic acids is 1. The number of sulfonamides is 1. The third kappa shape index (κ3) is 1.88. The van der Waals surface area contributed by atoms with Gasteiger partial charge >= 0.3 is 0 Å². The number of amides is 1. The lowest BCUT2D eigenvalue weighted by atomic mass is 9.88. The van der Waals surface area contributed by atoms with Crippen LogP contribution in [-0.2, 0) is 19.6 Å². The maximum absolute atomic E-state index is 11.6. The maximum atomic E-state index is 11.6. The van der Waals surface area contributed by atoms with Crippen LogP contribution in [-0.4, -0.2) is 32.8 Å². The molecule has 86 valence electrons. The Balaban J connectivity index is 1.99. The van der Waals surface area contributed by atoms with Crippen molar-refractivity contribution in [3.63, 3.8) is 0 Å². The highest BCUT2D eigenvalue weighted by Gasteiger charge is 2.44. The first kappa shape index (κ1) is 10.9. The number of nitrogens with one attached hydrogen (secondary N) is 1. The maximum Gasteiger partial charge on any atom is 0.244 e. The van der Waals surface area contributed by atoms with E-state index in [1.807, 2.05) is 0 Å². The average Bonchev–Trinajstić information content (AvgIpc) is 1.94. The molecular formula is C9H15NO4S. The molecule has 1 aliphatic carbocycles. The summed E-state index contributed by atoms with van der Waals surface area (Å²) in [5, 5.41) is -0.369. The van der Waals surface area contributed by atoms with E-state index in [0.29, 0.717) is 26.1 Å². The minimum absolute atomic E-state index is 0.305. The second-order valence-corrected chi connectivity index (χ2v) is 6.54. The van der Waals surface area contributed by atoms with Crippen molar-refractivity contribution in [3.8, 4) is 0 Å². The van der Waals surface area contributed by atoms with Crippen LogP contribution in [0.25, 0.3) is 0 Å². The molecule has 1 aliphatic heterocycles. The molecule has 6 heteroatoms. The van der Waals surface area contributed by atoms with Gasteiger partial charge in [-0.3, -0.25) is 9.52 Å². The molecule has 1 N–H and O–H groups in total. The molecule has 0 aromatic rings. The summed E-state index contributed by atoms with van der Waals surface area (Å²) in [4.78, 5) is 11.6. The summed E-state index contributed by atoms with van der Waals surface area (Å²) in [6.07, 6.45) is 2.26. The van der Waals surface area contributed by atoms with Gasteiger partial charge in [-0.2, -0.15) is 0 Å². The minimum Gasteiger partial charge on any atom is -0.379 e. The van der Waals surface area contributed by atoms with Gasteiger partial charge in [-0.05, 0) is 19.8 Å². The summed E-state index contributed by atoms with van der Waals surface area (Å²) in [5.41, 5.74) is -0.656. The molecule has 2 aliphatic rings. The van der Waals surface area contributed by atoms with E-state index in [1.54, 1.807) is 6.92 Å². The highest BCUT2D eigenvalue weighted by molar-refractivity contribution is 7.90. The predicted molar refractivity (Wildman–Crippen MR) is 53.6 cm³/mol. The quantitative estimate of drug-likeness (QED) is 0.746. The largest absolute Gasteiger partial charge is 0.379 e. The van der Waals surface area contributed by atoms with E-state index in [2.05, 4.69) is 4.72 Å². The molecule has 2 fully saturated rings. The van der Waals surface area contributed by atoms with Gasteiger partial charge in [0.05, 0.1) is 23.9 Å². The number of ether oxygens (including phenoxy) is 1. The van der Waals surface area contributed by atoms with Crippen molar-refractivity contribution in [2.75, 3.05) is 13.2 Å². The standard InChI is InChI=1S/C9H15NO4S/c1-9(5-14-6-9)8(11)10-15(12,13)7-3-2-4-7/h7H,2-6H2,1H3,(H,10,11). The van der Waals surface area contributed by atoms with Gasteiger partial charge in [0.25, 0.3) is 0 Å². The smallest absolute Gasteiger partial charge is 0.244 e. The van der Waals surface area contributed by atoms with Crippen molar-refractivity contribution < 1.29 is 17.9 Å². The van der Waals surface area contributed by atoms with Crippen LogP contribution in [0.1, 0.15) is 26.2 Å². The van der Waals surface area contributed by atoms with Crippen LogP contribution in [0.2, 0.25) is 0 Å². The van der Waals surface area contributed by atoms with Crippen LogP contribution in [0.4, 0.5) is 0 Å². The second-order valence-electron chi connectivity index (χ2n) is 4.58. The van der Waals surface area contributed by atoms with Crippen LogP contribution in [0, 0.1) is 5.41 Å². The molecule has 0 aromatic heterocycles. The number of carbonyl (C=O) groups is 1. The van der Waals surface area contributed by atoms with Crippen LogP contribution in [0.15, 0.2) is 0 Å². The zero-order valence-electron chi connectivity index (χ0n) is 8.65. The fraction of sp³-hybridized carbons (Fsp3) is 0.889. The summed E-state index contributed by atoms with van der Waals surface area (Å²) in [6, 6.07) is 0. The van der Waals surface area contributed by atoms with E-state index >= 15 is 0 Å². The number of hydrogen-bond donors (Lipinski definition) is 1. The molecule has 0 radical (unpaired) electrons. The Morgan fingerprint density at radius 3 is 2.33 bits per heavy atom. The molecule has 15 heavy (non-hydrogen) atoms. The zero-order chi connectivity index (χ0) is 11.1. The highest BCUT2D eigenvalue weighted by atomic mass is 32.2. The molecule has 1 saturated carbocycles. The van der Waals surface area contributed by atoms with E-state index in [1.165, 1.54) is 0 Å². The first-order chi connectivity index (χ1) is 6.94. The highest BCUT2D eigenvalue weighted by Crippen LogP contribution is 2.29. The Hall–Kier alpha value is -0.620. The third-order valence-electron chi connectivity index (χ3n) is 3.12. The topological polar surface area (TPSA) is 72.5 Å². The van der Waals surface area contributed by atoms with Crippen LogP contribution in [0.5, 0.6) is 0 Å². The van der Waals surface area contributed by atoms with Crippen molar-refractivity contribution >= 4 is 15.9 Å². The Morgan fingerprint density at radius 2 is 2.00 bits per heavy atom. The van der Waals surface area contributed by atoms with Crippen molar-refractivity contribution in [2.45, 2.75) is 31.4 Å². The molecule has 1 heterocycles. The lowest BCUT2D eigenvalue weighted by Crippen LogP contribution is -2.55. The third-order valence-corrected chi connectivity index (χ3v) is 4.93. The molecule has 1 saturated heterocycles. The molecule has 1 amide bonds. The zero-order valence-corrected chi connectivity index (χ0v) is 9.47. The van der Waals surface area contributed by atoms with Crippen LogP contribution < -0.4 is 4.72 Å². The van der Waals surface area contributed by atoms with E-state index < -0.39 is 21.3 Å². The van der Waals surface area contributed by atoms with Gasteiger partial charge in [0, 0.05) is 0 Å². The number of rotatable bonds is 3. The SMILES string of the molecule is CC1(C(=O)NS(=O)(=O)C2CCC2)COC1. The molecule has 0 bridgehead atoms. The molecular weight excluding hydrogens is 218 g/mol. The first-order valence-corrected chi connectivity index (χ1v) is 6.62. The molecule has 0 atom stereocenters. The van der Waals surface area contributed by atoms with Gasteiger partial charge in [0.2, 0.25) is 15.9 Å². The second kappa shape index (κ2) is 3.45. The van der Waals surface area contributed by atoms with E-state index in [-0.39, 0.29) is 5.25 Å². The normalized spacial score (nSPS) is 25.1. The molecule has 5 nitrogen and oxygen atoms in total. The predicted octanol–water partition coefficient (Wildman–Crippen LogP) is 0.0214. The van der Waals surface area contributed by atoms with Gasteiger partial charge in [0.15, 0.2) is 0 Å². The van der Waals surface area contributed by atoms with E-state index in [4.69, 9.17) is 4.74 Å². The van der Waals surface area contributed by atoms with Crippen molar-refractivity contribution in [2.24, 2.45) is 5.41 Å². The number of hydrogen-bond acceptors (Lipinski definition) is 4. The lowest BCUT2D eigenvalue weighted by Gasteiger charge is -2.37. The van der Waals surface area contributed by atoms with Gasteiger partial charge < -0.3 is 4.74 Å². The molecule has 2 rings (SSSR count). The summed E-state index contributed by atoms with van der Waals surface area (Å²) >= 11 is 0. The first-order valence-electron chi connectivity index (χ1n) is 5.08. The van der Waals surface area contributed by atoms with Crippen LogP contribution >= 0.6 is 0 Å². The molecule has 0 spiro atoms. The van der Waals surface area contributed by atoms with Crippen LogP contribution in [0.3, 0.4) is 0 Å². The lowest BCUT2D eigenvalue weighted by molar-refractivity contribution is -0.155. The Labute approximate surface area is 89.2 Å². The monoisotopic (exact) mass is 233 g/mol. The average molecular weight is 233 g/mol. The fourth-order valence-corrected chi connectivity index (χ4v) is 3.18. The van der Waals surface area contributed by atoms with Gasteiger partial charge in [-0.1, -0.05) is 6.42 Å². The van der Waals surface area contributed by atoms with Gasteiger partial charge in [0.1, 0.15) is 0 Å². The van der Waals surface area contributed by atoms with Crippen molar-refractivity contribution in [3.05, 3.63) is 0 Å². The van der Waals surface area contributed by atoms with Gasteiger partial charge in [-0.15, -0.1) is 0 Å². The fourth-order valence-electron chi connectivity index (χ4n) is 1.56. The summed E-state index contributed by atoms with van der Waals surface area (Å²) in [7, 11) is -3.44. The Bertz CT molecular complexity index is 368. The minimum atomic E-state index is -3.44. The van der Waals surface area contributed by atoms with E-state index in [0.717, 1.165) is 6.42 Å².